The lowest BCUT2D eigenvalue weighted by atomic mass is 10.1. The Morgan fingerprint density at radius 2 is 2.32 bits per heavy atom. The van der Waals surface area contributed by atoms with Crippen LogP contribution in [0.3, 0.4) is 0 Å². The molecule has 0 radical (unpaired) electrons. The molecule has 0 N–H and O–H groups in total. The number of ether oxygens (including phenoxy) is 1. The molecular weight excluding hydrogens is 264 g/mol. The van der Waals surface area contributed by atoms with E-state index >= 15 is 0 Å². The smallest absolute Gasteiger partial charge is 0.384 e. The van der Waals surface area contributed by atoms with Crippen molar-refractivity contribution in [2.45, 2.75) is 13.3 Å². The number of nitriles is 1. The molecule has 0 unspecified atom stereocenters. The van der Waals surface area contributed by atoms with Gasteiger partial charge in [-0.05, 0) is 22.9 Å². The minimum absolute atomic E-state index is 0.0459. The third-order valence-electron chi connectivity index (χ3n) is 2.03. The highest BCUT2D eigenvalue weighted by atomic mass is 19.3. The maximum absolute atomic E-state index is 12.6. The third kappa shape index (κ3) is 2.98. The number of hydrogen-bond donors (Lipinski definition) is 0. The Bertz CT molecular complexity index is 569. The third-order valence-corrected chi connectivity index (χ3v) is 2.03. The first-order valence-electron chi connectivity index (χ1n) is 4.97. The minimum atomic E-state index is -3.18. The van der Waals surface area contributed by atoms with Crippen LogP contribution in [0.15, 0.2) is 6.07 Å². The molecule has 19 heavy (non-hydrogen) atoms. The summed E-state index contributed by atoms with van der Waals surface area (Å²) in [5, 5.41) is 19.4. The second-order valence-electron chi connectivity index (χ2n) is 3.19. The maximum atomic E-state index is 12.6. The summed E-state index contributed by atoms with van der Waals surface area (Å²) in [6, 6.07) is 2.05. The molecule has 0 spiro atoms. The first-order chi connectivity index (χ1) is 8.92. The van der Waals surface area contributed by atoms with Crippen molar-refractivity contribution < 1.29 is 23.2 Å². The molecule has 0 aromatic carbocycles. The molecule has 1 aromatic rings. The van der Waals surface area contributed by atoms with Gasteiger partial charge >= 0.3 is 11.8 Å². The number of hydrogen-bond acceptors (Lipinski definition) is 6. The van der Waals surface area contributed by atoms with Crippen molar-refractivity contribution >= 4 is 11.8 Å². The summed E-state index contributed by atoms with van der Waals surface area (Å²) in [6.45, 7) is 1.43. The van der Waals surface area contributed by atoms with Crippen molar-refractivity contribution in [3.63, 3.8) is 0 Å². The Morgan fingerprint density at radius 1 is 1.68 bits per heavy atom. The number of alkyl halides is 2. The molecule has 0 amide bonds. The fourth-order valence-corrected chi connectivity index (χ4v) is 1.27. The molecule has 0 aliphatic rings. The van der Waals surface area contributed by atoms with E-state index in [1.807, 2.05) is 0 Å². The molecule has 0 aliphatic carbocycles. The summed E-state index contributed by atoms with van der Waals surface area (Å²) in [6.07, 6.45) is -3.18. The van der Waals surface area contributed by atoms with Gasteiger partial charge in [0.05, 0.1) is 6.61 Å². The molecule has 0 saturated carbocycles. The van der Waals surface area contributed by atoms with Crippen LogP contribution in [0.1, 0.15) is 35.0 Å². The lowest BCUT2D eigenvalue weighted by Crippen LogP contribution is -2.12. The summed E-state index contributed by atoms with van der Waals surface area (Å²) < 4.78 is 29.8. The predicted molar refractivity (Wildman–Crippen MR) is 56.5 cm³/mol. The van der Waals surface area contributed by atoms with Gasteiger partial charge in [0.15, 0.2) is 0 Å². The summed E-state index contributed by atoms with van der Waals surface area (Å²) in [7, 11) is 0. The molecule has 0 saturated heterocycles. The number of aromatic nitrogens is 1. The highest BCUT2D eigenvalue weighted by molar-refractivity contribution is 5.90. The fourth-order valence-electron chi connectivity index (χ4n) is 1.27. The Kier molecular flexibility index (Phi) is 4.41. The van der Waals surface area contributed by atoms with Crippen molar-refractivity contribution in [2.24, 2.45) is 0 Å². The van der Waals surface area contributed by atoms with Crippen LogP contribution in [0.4, 0.5) is 14.6 Å². The Hall–Kier alpha value is -2.63. The van der Waals surface area contributed by atoms with Gasteiger partial charge in [-0.15, -0.1) is 0 Å². The average molecular weight is 271 g/mol. The monoisotopic (exact) mass is 271 g/mol. The number of carbonyl (C=O) groups is 1. The van der Waals surface area contributed by atoms with Crippen LogP contribution in [0.2, 0.25) is 0 Å². The number of nitrogens with zero attached hydrogens (tertiary/aromatic N) is 3. The van der Waals surface area contributed by atoms with Crippen molar-refractivity contribution in [3.05, 3.63) is 33.0 Å². The van der Waals surface area contributed by atoms with E-state index in [0.29, 0.717) is 6.07 Å². The molecule has 100 valence electrons. The van der Waals surface area contributed by atoms with Crippen molar-refractivity contribution in [1.82, 2.24) is 4.98 Å². The van der Waals surface area contributed by atoms with E-state index < -0.39 is 40.0 Å². The molecule has 0 atom stereocenters. The first kappa shape index (κ1) is 14.4. The van der Waals surface area contributed by atoms with E-state index in [0.717, 1.165) is 0 Å². The van der Waals surface area contributed by atoms with E-state index in [9.17, 15) is 23.7 Å². The van der Waals surface area contributed by atoms with Gasteiger partial charge in [0.25, 0.3) is 12.1 Å². The maximum Gasteiger partial charge on any atom is 0.384 e. The summed E-state index contributed by atoms with van der Waals surface area (Å²) in [5.74, 6) is -2.25. The van der Waals surface area contributed by atoms with Crippen LogP contribution < -0.4 is 0 Å². The number of nitro groups is 1. The zero-order valence-electron chi connectivity index (χ0n) is 9.59. The Balaban J connectivity index is 3.49. The highest BCUT2D eigenvalue weighted by Gasteiger charge is 2.31. The van der Waals surface area contributed by atoms with Gasteiger partial charge in [-0.3, -0.25) is 0 Å². The molecule has 1 rings (SSSR count). The number of pyridine rings is 1. The summed E-state index contributed by atoms with van der Waals surface area (Å²) >= 11 is 0. The zero-order chi connectivity index (χ0) is 14.6. The minimum Gasteiger partial charge on any atom is -0.460 e. The highest BCUT2D eigenvalue weighted by Crippen LogP contribution is 2.29. The predicted octanol–water partition coefficient (Wildman–Crippen LogP) is 1.98. The second kappa shape index (κ2) is 5.81. The quantitative estimate of drug-likeness (QED) is 0.470. The van der Waals surface area contributed by atoms with Crippen molar-refractivity contribution in [3.8, 4) is 6.07 Å². The van der Waals surface area contributed by atoms with Crippen LogP contribution >= 0.6 is 0 Å². The molecule has 1 aromatic heterocycles. The van der Waals surface area contributed by atoms with Crippen molar-refractivity contribution in [2.75, 3.05) is 6.61 Å². The first-order valence-corrected chi connectivity index (χ1v) is 4.97. The Morgan fingerprint density at radius 3 is 2.74 bits per heavy atom. The van der Waals surface area contributed by atoms with Crippen LogP contribution in [0.5, 0.6) is 0 Å². The summed E-state index contributed by atoms with van der Waals surface area (Å²) in [4.78, 5) is 24.1. The normalized spacial score (nSPS) is 10.1. The second-order valence-corrected chi connectivity index (χ2v) is 3.19. The van der Waals surface area contributed by atoms with Gasteiger partial charge in [0.1, 0.15) is 17.2 Å². The summed E-state index contributed by atoms with van der Waals surface area (Å²) in [5.41, 5.74) is -2.17. The number of carbonyl (C=O) groups excluding carboxylic acids is 1. The molecule has 7 nitrogen and oxygen atoms in total. The van der Waals surface area contributed by atoms with Gasteiger partial charge in [-0.2, -0.15) is 5.26 Å². The Labute approximate surface area is 105 Å². The molecule has 1 heterocycles. The SMILES string of the molecule is CCOC(=O)c1nc([N+](=O)[O-])c(C(F)F)cc1C#N. The van der Waals surface area contributed by atoms with E-state index in [1.165, 1.54) is 13.0 Å². The number of halogens is 2. The van der Waals surface area contributed by atoms with E-state index in [1.54, 1.807) is 0 Å². The standard InChI is InChI=1S/C10H7F2N3O4/c1-2-19-10(16)7-5(4-13)3-6(8(11)12)9(14-7)15(17)18/h3,8H,2H2,1H3. The van der Waals surface area contributed by atoms with Gasteiger partial charge < -0.3 is 14.9 Å². The molecule has 9 heteroatoms. The lowest BCUT2D eigenvalue weighted by Gasteiger charge is -2.04. The van der Waals surface area contributed by atoms with Crippen molar-refractivity contribution in [1.29, 1.82) is 5.26 Å². The van der Waals surface area contributed by atoms with E-state index in [-0.39, 0.29) is 6.61 Å². The molecular formula is C10H7F2N3O4. The number of rotatable bonds is 4. The van der Waals surface area contributed by atoms with Gasteiger partial charge in [-0.1, -0.05) is 0 Å². The van der Waals surface area contributed by atoms with E-state index in [2.05, 4.69) is 9.72 Å². The average Bonchev–Trinajstić information content (AvgIpc) is 2.37. The molecule has 0 fully saturated rings. The zero-order valence-corrected chi connectivity index (χ0v) is 9.59. The van der Waals surface area contributed by atoms with Crippen LogP contribution in [-0.4, -0.2) is 22.5 Å². The lowest BCUT2D eigenvalue weighted by molar-refractivity contribution is -0.391. The number of esters is 1. The van der Waals surface area contributed by atoms with Crippen LogP contribution in [0, 0.1) is 21.4 Å². The van der Waals surface area contributed by atoms with Gasteiger partial charge in [-0.25, -0.2) is 13.6 Å². The van der Waals surface area contributed by atoms with Gasteiger partial charge in [0.2, 0.25) is 0 Å². The van der Waals surface area contributed by atoms with Crippen LogP contribution in [0.25, 0.3) is 0 Å². The largest absolute Gasteiger partial charge is 0.460 e. The van der Waals surface area contributed by atoms with Gasteiger partial charge in [0, 0.05) is 0 Å². The molecule has 0 aliphatic heterocycles. The van der Waals surface area contributed by atoms with E-state index in [4.69, 9.17) is 5.26 Å². The fraction of sp³-hybridized carbons (Fsp3) is 0.300. The molecule has 0 bridgehead atoms. The van der Waals surface area contributed by atoms with Crippen LogP contribution in [-0.2, 0) is 4.74 Å². The topological polar surface area (TPSA) is 106 Å².